The molecular formula is C24H25N3Na2O8S2. The van der Waals surface area contributed by atoms with Crippen LogP contribution in [0.25, 0.3) is 10.8 Å². The van der Waals surface area contributed by atoms with Gasteiger partial charge in [-0.25, -0.2) is 0 Å². The molecule has 11 nitrogen and oxygen atoms in total. The van der Waals surface area contributed by atoms with Gasteiger partial charge in [-0.3, -0.25) is 13.9 Å². The van der Waals surface area contributed by atoms with Gasteiger partial charge in [0.25, 0.3) is 20.2 Å². The Morgan fingerprint density at radius 1 is 0.872 bits per heavy atom. The second kappa shape index (κ2) is 13.5. The Morgan fingerprint density at radius 3 is 2.03 bits per heavy atom. The van der Waals surface area contributed by atoms with Gasteiger partial charge in [0.2, 0.25) is 5.91 Å². The number of carbonyl (C=O) groups is 1. The molecule has 3 aromatic carbocycles. The maximum atomic E-state index is 12.3. The first kappa shape index (κ1) is 33.8. The second-order valence-corrected chi connectivity index (χ2v) is 11.6. The van der Waals surface area contributed by atoms with Crippen molar-refractivity contribution in [3.8, 4) is 5.75 Å². The molecule has 39 heavy (non-hydrogen) atoms. The summed E-state index contributed by atoms with van der Waals surface area (Å²) in [6.45, 7) is 1.52. The van der Waals surface area contributed by atoms with Crippen molar-refractivity contribution < 1.29 is 35.8 Å². The third-order valence-electron chi connectivity index (χ3n) is 6.25. The predicted molar refractivity (Wildman–Crippen MR) is 147 cm³/mol. The van der Waals surface area contributed by atoms with E-state index in [-0.39, 0.29) is 87.5 Å². The third kappa shape index (κ3) is 7.88. The number of carbonyl (C=O) groups excluding carboxylic acids is 1. The number of hydrogen-bond acceptors (Lipinski definition) is 8. The molecule has 1 aliphatic carbocycles. The summed E-state index contributed by atoms with van der Waals surface area (Å²) in [7, 11) is -9.80. The number of hydrogen-bond donors (Lipinski definition) is 3. The summed E-state index contributed by atoms with van der Waals surface area (Å²) in [5, 5.41) is 18.1. The van der Waals surface area contributed by atoms with Crippen molar-refractivity contribution in [3.05, 3.63) is 48.5 Å². The van der Waals surface area contributed by atoms with Gasteiger partial charge in [-0.15, -0.1) is 5.11 Å². The van der Waals surface area contributed by atoms with Crippen molar-refractivity contribution in [3.63, 3.8) is 0 Å². The zero-order chi connectivity index (χ0) is 27.0. The van der Waals surface area contributed by atoms with Crippen LogP contribution in [0.5, 0.6) is 5.75 Å². The molecule has 4 rings (SSSR count). The largest absolute Gasteiger partial charge is 0.506 e. The molecule has 1 saturated carbocycles. The molecule has 0 aliphatic heterocycles. The molecule has 0 bridgehead atoms. The minimum atomic E-state index is -4.99. The van der Waals surface area contributed by atoms with E-state index in [1.54, 1.807) is 29.2 Å². The topological polar surface area (TPSA) is 174 Å². The summed E-state index contributed by atoms with van der Waals surface area (Å²) in [6, 6.07) is 10.7. The van der Waals surface area contributed by atoms with Crippen molar-refractivity contribution >= 4 is 113 Å². The zero-order valence-electron chi connectivity index (χ0n) is 21.8. The van der Waals surface area contributed by atoms with E-state index in [1.807, 2.05) is 0 Å². The van der Waals surface area contributed by atoms with Crippen molar-refractivity contribution in [2.24, 2.45) is 10.2 Å². The van der Waals surface area contributed by atoms with Gasteiger partial charge in [0, 0.05) is 83.2 Å². The van der Waals surface area contributed by atoms with Gasteiger partial charge < -0.3 is 10.0 Å². The summed E-state index contributed by atoms with van der Waals surface area (Å²) in [4.78, 5) is 12.5. The first-order valence-electron chi connectivity index (χ1n) is 11.4. The van der Waals surface area contributed by atoms with E-state index in [9.17, 15) is 35.8 Å². The molecule has 1 fully saturated rings. The van der Waals surface area contributed by atoms with E-state index >= 15 is 0 Å². The van der Waals surface area contributed by atoms with Crippen LogP contribution in [0.4, 0.5) is 17.1 Å². The minimum absolute atomic E-state index is 0. The predicted octanol–water partition coefficient (Wildman–Crippen LogP) is 4.38. The molecule has 0 spiro atoms. The van der Waals surface area contributed by atoms with Crippen LogP contribution in [0.1, 0.15) is 39.0 Å². The number of fused-ring (bicyclic) bond motifs is 1. The van der Waals surface area contributed by atoms with Crippen LogP contribution in [0.15, 0.2) is 68.6 Å². The van der Waals surface area contributed by atoms with Crippen LogP contribution in [0.2, 0.25) is 0 Å². The molecule has 2 radical (unpaired) electrons. The van der Waals surface area contributed by atoms with Crippen molar-refractivity contribution in [1.29, 1.82) is 0 Å². The Hall–Kier alpha value is -1.39. The van der Waals surface area contributed by atoms with Crippen LogP contribution >= 0.6 is 0 Å². The summed E-state index contributed by atoms with van der Waals surface area (Å²) in [5.74, 6) is -0.540. The van der Waals surface area contributed by atoms with Gasteiger partial charge >= 0.3 is 0 Å². The molecular weight excluding hydrogens is 568 g/mol. The fraction of sp³-hybridized carbons (Fsp3) is 0.292. The first-order chi connectivity index (χ1) is 17.4. The van der Waals surface area contributed by atoms with E-state index in [2.05, 4.69) is 10.2 Å². The summed E-state index contributed by atoms with van der Waals surface area (Å²) >= 11 is 0. The maximum absolute atomic E-state index is 12.3. The summed E-state index contributed by atoms with van der Waals surface area (Å²) in [5.41, 5.74) is 0.705. The molecule has 3 N–H and O–H groups in total. The van der Waals surface area contributed by atoms with Crippen LogP contribution in [-0.2, 0) is 25.0 Å². The third-order valence-corrected chi connectivity index (χ3v) is 7.96. The molecule has 3 aromatic rings. The SMILES string of the molecule is CC(=O)N(c1ccc(N=Nc2c(O)ccc3cc(S(=O)(=O)O)cc(S(=O)(=O)O)c23)cc1)C1CCCCC1.[Na].[Na]. The van der Waals surface area contributed by atoms with Crippen molar-refractivity contribution in [2.45, 2.75) is 54.9 Å². The van der Waals surface area contributed by atoms with E-state index in [1.165, 1.54) is 13.0 Å². The van der Waals surface area contributed by atoms with Crippen LogP contribution in [-0.4, -0.2) is 102 Å². The first-order valence-corrected chi connectivity index (χ1v) is 14.3. The quantitative estimate of drug-likeness (QED) is 0.214. The molecule has 0 unspecified atom stereocenters. The number of azo groups is 1. The van der Waals surface area contributed by atoms with Crippen LogP contribution in [0.3, 0.4) is 0 Å². The van der Waals surface area contributed by atoms with E-state index in [0.29, 0.717) is 17.4 Å². The van der Waals surface area contributed by atoms with Gasteiger partial charge in [-0.05, 0) is 60.7 Å². The van der Waals surface area contributed by atoms with E-state index in [4.69, 9.17) is 0 Å². The van der Waals surface area contributed by atoms with E-state index in [0.717, 1.165) is 44.2 Å². The van der Waals surface area contributed by atoms with Crippen molar-refractivity contribution in [2.75, 3.05) is 4.90 Å². The fourth-order valence-corrected chi connectivity index (χ4v) is 5.97. The average molecular weight is 594 g/mol. The standard InChI is InChI=1S/C24H25N3O8S2.2Na/c1-15(28)27(18-5-3-2-4-6-18)19-10-8-17(9-11-19)25-26-24-21(29)12-7-16-13-20(36(30,31)32)14-22(23(16)24)37(33,34)35;;/h7-14,18,29H,2-6H2,1H3,(H,30,31,32)(H,33,34,35);;. The number of nitrogens with zero attached hydrogens (tertiary/aromatic N) is 3. The Kier molecular flexibility index (Phi) is 11.7. The molecule has 0 saturated heterocycles. The molecule has 0 aromatic heterocycles. The number of anilines is 1. The maximum Gasteiger partial charge on any atom is 0.295 e. The van der Waals surface area contributed by atoms with E-state index < -0.39 is 35.8 Å². The number of benzene rings is 3. The Labute approximate surface area is 270 Å². The molecule has 1 amide bonds. The normalized spacial score (nSPS) is 14.5. The molecule has 0 heterocycles. The second-order valence-electron chi connectivity index (χ2n) is 8.80. The molecule has 1 aliphatic rings. The van der Waals surface area contributed by atoms with Gasteiger partial charge in [0.15, 0.2) is 0 Å². The smallest absolute Gasteiger partial charge is 0.295 e. The number of phenolic OH excluding ortho intramolecular Hbond substituents is 1. The monoisotopic (exact) mass is 593 g/mol. The van der Waals surface area contributed by atoms with Gasteiger partial charge in [-0.2, -0.15) is 21.9 Å². The number of amides is 1. The summed E-state index contributed by atoms with van der Waals surface area (Å²) < 4.78 is 66.4. The fourth-order valence-electron chi connectivity index (χ4n) is 4.60. The molecule has 198 valence electrons. The minimum Gasteiger partial charge on any atom is -0.506 e. The molecule has 15 heteroatoms. The summed E-state index contributed by atoms with van der Waals surface area (Å²) in [6.07, 6.45) is 5.13. The van der Waals surface area contributed by atoms with Gasteiger partial charge in [0.05, 0.1) is 10.6 Å². The van der Waals surface area contributed by atoms with Gasteiger partial charge in [0.1, 0.15) is 16.3 Å². The Morgan fingerprint density at radius 2 is 1.49 bits per heavy atom. The Balaban J connectivity index is 0.00000267. The number of aromatic hydroxyl groups is 1. The number of rotatable bonds is 6. The van der Waals surface area contributed by atoms with Crippen LogP contribution < -0.4 is 4.90 Å². The average Bonchev–Trinajstić information content (AvgIpc) is 2.83. The number of phenols is 1. The van der Waals surface area contributed by atoms with Crippen molar-refractivity contribution in [1.82, 2.24) is 0 Å². The van der Waals surface area contributed by atoms with Gasteiger partial charge in [-0.1, -0.05) is 25.3 Å². The molecule has 0 atom stereocenters. The van der Waals surface area contributed by atoms with Crippen LogP contribution in [0, 0.1) is 0 Å². The Bertz CT molecular complexity index is 1610. The zero-order valence-corrected chi connectivity index (χ0v) is 27.4.